The highest BCUT2D eigenvalue weighted by Crippen LogP contribution is 2.36. The van der Waals surface area contributed by atoms with Gasteiger partial charge in [-0.1, -0.05) is 12.1 Å². The minimum Gasteiger partial charge on any atom is -0.300 e. The van der Waals surface area contributed by atoms with Gasteiger partial charge in [-0.2, -0.15) is 18.3 Å². The predicted molar refractivity (Wildman–Crippen MR) is 79.6 cm³/mol. The zero-order chi connectivity index (χ0) is 16.6. The van der Waals surface area contributed by atoms with Gasteiger partial charge < -0.3 is 0 Å². The van der Waals surface area contributed by atoms with Crippen molar-refractivity contribution in [2.24, 2.45) is 0 Å². The Bertz CT molecular complexity index is 730. The van der Waals surface area contributed by atoms with Crippen LogP contribution in [-0.4, -0.2) is 15.6 Å². The van der Waals surface area contributed by atoms with Crippen molar-refractivity contribution in [3.05, 3.63) is 46.8 Å². The molecule has 1 aromatic carbocycles. The molecule has 0 fully saturated rings. The number of fused-ring (bicyclic) bond motifs is 1. The molecule has 0 unspecified atom stereocenters. The van der Waals surface area contributed by atoms with E-state index in [4.69, 9.17) is 0 Å². The molecule has 6 heteroatoms. The molecule has 23 heavy (non-hydrogen) atoms. The molecule has 0 bridgehead atoms. The molecule has 0 aliphatic heterocycles. The Morgan fingerprint density at radius 2 is 1.83 bits per heavy atom. The predicted octanol–water partition coefficient (Wildman–Crippen LogP) is 3.90. The van der Waals surface area contributed by atoms with Crippen molar-refractivity contribution in [1.82, 2.24) is 9.78 Å². The molecule has 1 heterocycles. The normalized spacial score (nSPS) is 14.6. The average molecular weight is 322 g/mol. The van der Waals surface area contributed by atoms with Crippen LogP contribution >= 0.6 is 0 Å². The van der Waals surface area contributed by atoms with Crippen LogP contribution in [-0.2, 0) is 30.2 Å². The summed E-state index contributed by atoms with van der Waals surface area (Å²) >= 11 is 0. The van der Waals surface area contributed by atoms with E-state index < -0.39 is 11.9 Å². The van der Waals surface area contributed by atoms with Gasteiger partial charge in [0, 0.05) is 17.7 Å². The number of nitrogens with zero attached hydrogens (tertiary/aromatic N) is 2. The summed E-state index contributed by atoms with van der Waals surface area (Å²) in [7, 11) is 0. The maximum Gasteiger partial charge on any atom is 0.435 e. The fourth-order valence-electron chi connectivity index (χ4n) is 3.08. The highest BCUT2D eigenvalue weighted by Gasteiger charge is 2.39. The summed E-state index contributed by atoms with van der Waals surface area (Å²) in [6, 6.07) is 6.97. The van der Waals surface area contributed by atoms with Crippen molar-refractivity contribution >= 4 is 5.78 Å². The second-order valence-corrected chi connectivity index (χ2v) is 5.94. The van der Waals surface area contributed by atoms with E-state index in [1.807, 2.05) is 0 Å². The average Bonchev–Trinajstić information content (AvgIpc) is 2.87. The van der Waals surface area contributed by atoms with Crippen LogP contribution in [0.4, 0.5) is 13.2 Å². The van der Waals surface area contributed by atoms with Crippen molar-refractivity contribution in [1.29, 1.82) is 0 Å². The van der Waals surface area contributed by atoms with Gasteiger partial charge in [-0.25, -0.2) is 4.68 Å². The maximum absolute atomic E-state index is 13.2. The van der Waals surface area contributed by atoms with Gasteiger partial charge in [-0.05, 0) is 50.3 Å². The maximum atomic E-state index is 13.2. The smallest absolute Gasteiger partial charge is 0.300 e. The van der Waals surface area contributed by atoms with Gasteiger partial charge in [-0.15, -0.1) is 0 Å². The van der Waals surface area contributed by atoms with Gasteiger partial charge in [0.15, 0.2) is 5.69 Å². The highest BCUT2D eigenvalue weighted by molar-refractivity contribution is 5.78. The quantitative estimate of drug-likeness (QED) is 0.859. The van der Waals surface area contributed by atoms with Crippen molar-refractivity contribution < 1.29 is 18.0 Å². The number of Topliss-reactive ketones (excluding diaryl/α,β-unsaturated/α-hetero) is 1. The first-order valence-corrected chi connectivity index (χ1v) is 7.63. The van der Waals surface area contributed by atoms with E-state index in [2.05, 4.69) is 5.10 Å². The first-order valence-electron chi connectivity index (χ1n) is 7.63. The molecule has 0 radical (unpaired) electrons. The molecule has 0 atom stereocenters. The van der Waals surface area contributed by atoms with Crippen LogP contribution in [0.5, 0.6) is 0 Å². The van der Waals surface area contributed by atoms with Crippen LogP contribution in [0, 0.1) is 0 Å². The van der Waals surface area contributed by atoms with Crippen molar-refractivity contribution in [2.75, 3.05) is 0 Å². The largest absolute Gasteiger partial charge is 0.435 e. The van der Waals surface area contributed by atoms with Crippen LogP contribution in [0.3, 0.4) is 0 Å². The fraction of sp³-hybridized carbons (Fsp3) is 0.412. The summed E-state index contributed by atoms with van der Waals surface area (Å²) in [5.74, 6) is 0.0496. The highest BCUT2D eigenvalue weighted by atomic mass is 19.4. The van der Waals surface area contributed by atoms with Gasteiger partial charge in [-0.3, -0.25) is 4.79 Å². The van der Waals surface area contributed by atoms with Crippen LogP contribution in [0.2, 0.25) is 0 Å². The number of ketones is 1. The van der Waals surface area contributed by atoms with E-state index in [0.717, 1.165) is 18.4 Å². The minimum absolute atomic E-state index is 0.0496. The summed E-state index contributed by atoms with van der Waals surface area (Å²) in [5, 5.41) is 3.85. The third kappa shape index (κ3) is 3.16. The number of alkyl halides is 3. The molecule has 1 aromatic heterocycles. The number of aromatic nitrogens is 2. The Labute approximate surface area is 132 Å². The van der Waals surface area contributed by atoms with Crippen molar-refractivity contribution in [3.8, 4) is 5.69 Å². The van der Waals surface area contributed by atoms with Gasteiger partial charge in [0.2, 0.25) is 0 Å². The molecule has 0 spiro atoms. The third-order valence-corrected chi connectivity index (χ3v) is 4.08. The lowest BCUT2D eigenvalue weighted by Crippen LogP contribution is -2.11. The van der Waals surface area contributed by atoms with Crippen LogP contribution in [0.15, 0.2) is 24.3 Å². The van der Waals surface area contributed by atoms with E-state index in [9.17, 15) is 18.0 Å². The first kappa shape index (κ1) is 15.8. The standard InChI is InChI=1S/C17H17F3N2O/c1-11(23)10-12-6-8-13(9-7-12)22-15-5-3-2-4-14(15)16(21-22)17(18,19)20/h6-9H,2-5,10H2,1H3. The molecule has 1 aliphatic carbocycles. The Morgan fingerprint density at radius 3 is 2.43 bits per heavy atom. The number of hydrogen-bond donors (Lipinski definition) is 0. The SMILES string of the molecule is CC(=O)Cc1ccc(-n2nc(C(F)(F)F)c3c2CCCC3)cc1. The Hall–Kier alpha value is -2.11. The Morgan fingerprint density at radius 1 is 1.17 bits per heavy atom. The second-order valence-electron chi connectivity index (χ2n) is 5.94. The summed E-state index contributed by atoms with van der Waals surface area (Å²) < 4.78 is 41.0. The van der Waals surface area contributed by atoms with Gasteiger partial charge in [0.05, 0.1) is 5.69 Å². The molecule has 0 saturated carbocycles. The number of halogens is 3. The van der Waals surface area contributed by atoms with Crippen LogP contribution < -0.4 is 0 Å². The van der Waals surface area contributed by atoms with Gasteiger partial charge in [0.25, 0.3) is 0 Å². The molecule has 0 amide bonds. The fourth-order valence-corrected chi connectivity index (χ4v) is 3.08. The monoisotopic (exact) mass is 322 g/mol. The molecule has 0 saturated heterocycles. The number of hydrogen-bond acceptors (Lipinski definition) is 2. The number of carbonyl (C=O) groups excluding carboxylic acids is 1. The first-order chi connectivity index (χ1) is 10.9. The van der Waals surface area contributed by atoms with E-state index in [1.54, 1.807) is 24.3 Å². The lowest BCUT2D eigenvalue weighted by Gasteiger charge is -2.14. The van der Waals surface area contributed by atoms with E-state index >= 15 is 0 Å². The zero-order valence-corrected chi connectivity index (χ0v) is 12.8. The molecular weight excluding hydrogens is 305 g/mol. The van der Waals surface area contributed by atoms with Crippen LogP contribution in [0.25, 0.3) is 5.69 Å². The van der Waals surface area contributed by atoms with E-state index in [-0.39, 0.29) is 5.78 Å². The molecular formula is C17H17F3N2O. The summed E-state index contributed by atoms with van der Waals surface area (Å²) in [4.78, 5) is 11.1. The molecule has 0 N–H and O–H groups in total. The summed E-state index contributed by atoms with van der Waals surface area (Å²) in [6.45, 7) is 1.51. The van der Waals surface area contributed by atoms with Crippen LogP contribution in [0.1, 0.15) is 42.3 Å². The second kappa shape index (κ2) is 5.83. The summed E-state index contributed by atoms with van der Waals surface area (Å²) in [5.41, 5.74) is 1.67. The Kier molecular flexibility index (Phi) is 4.00. The lowest BCUT2D eigenvalue weighted by atomic mass is 9.95. The van der Waals surface area contributed by atoms with Gasteiger partial charge >= 0.3 is 6.18 Å². The lowest BCUT2D eigenvalue weighted by molar-refractivity contribution is -0.142. The zero-order valence-electron chi connectivity index (χ0n) is 12.8. The molecule has 3 nitrogen and oxygen atoms in total. The molecule has 3 rings (SSSR count). The number of benzene rings is 1. The number of carbonyl (C=O) groups is 1. The van der Waals surface area contributed by atoms with E-state index in [0.29, 0.717) is 36.2 Å². The molecule has 1 aliphatic rings. The van der Waals surface area contributed by atoms with Gasteiger partial charge in [0.1, 0.15) is 5.78 Å². The topological polar surface area (TPSA) is 34.9 Å². The van der Waals surface area contributed by atoms with Crippen molar-refractivity contribution in [3.63, 3.8) is 0 Å². The molecule has 122 valence electrons. The van der Waals surface area contributed by atoms with Crippen molar-refractivity contribution in [2.45, 2.75) is 45.2 Å². The Balaban J connectivity index is 2.02. The van der Waals surface area contributed by atoms with E-state index in [1.165, 1.54) is 11.6 Å². The third-order valence-electron chi connectivity index (χ3n) is 4.08. The number of rotatable bonds is 3. The minimum atomic E-state index is -4.43. The molecule has 2 aromatic rings. The summed E-state index contributed by atoms with van der Waals surface area (Å²) in [6.07, 6.45) is -1.44.